The van der Waals surface area contributed by atoms with Crippen molar-refractivity contribution in [2.75, 3.05) is 0 Å². The molecule has 1 aliphatic carbocycles. The van der Waals surface area contributed by atoms with Crippen molar-refractivity contribution < 1.29 is 18.8 Å². The maximum atomic E-state index is 4.61. The predicted molar refractivity (Wildman–Crippen MR) is 42.6 cm³/mol. The summed E-state index contributed by atoms with van der Waals surface area (Å²) in [6.07, 6.45) is 14.0. The van der Waals surface area contributed by atoms with Crippen molar-refractivity contribution in [2.45, 2.75) is 25.7 Å². The van der Waals surface area contributed by atoms with E-state index in [-0.39, 0.29) is 0 Å². The Morgan fingerprint density at radius 1 is 0.700 bits per heavy atom. The Hall–Kier alpha value is 0.458. The van der Waals surface area contributed by atoms with Crippen LogP contribution in [0.3, 0.4) is 0 Å². The number of hydrogen-bond donors (Lipinski definition) is 0. The molecule has 0 aromatic heterocycles. The van der Waals surface area contributed by atoms with E-state index in [4.69, 9.17) is 0 Å². The molecular formula is C8H12ClPt. The van der Waals surface area contributed by atoms with E-state index in [0.29, 0.717) is 0 Å². The molecule has 0 spiro atoms. The van der Waals surface area contributed by atoms with Crippen molar-refractivity contribution in [3.05, 3.63) is 24.3 Å². The van der Waals surface area contributed by atoms with Crippen LogP contribution in [0.4, 0.5) is 0 Å². The second-order valence-electron chi connectivity index (χ2n) is 2.10. The topological polar surface area (TPSA) is 0 Å². The zero-order chi connectivity index (χ0) is 7.66. The molecule has 0 atom stereocenters. The minimum absolute atomic E-state index is 1.23. The van der Waals surface area contributed by atoms with Gasteiger partial charge in [-0.3, -0.25) is 0 Å². The molecule has 1 rings (SSSR count). The zero-order valence-corrected chi connectivity index (χ0v) is 8.86. The second-order valence-corrected chi connectivity index (χ2v) is 2.10. The number of halogens is 1. The van der Waals surface area contributed by atoms with Gasteiger partial charge in [0, 0.05) is 0 Å². The first-order valence-corrected chi connectivity index (χ1v) is 6.23. The summed E-state index contributed by atoms with van der Waals surface area (Å²) in [5.74, 6) is 0. The second kappa shape index (κ2) is 9.46. The molecule has 0 radical (unpaired) electrons. The van der Waals surface area contributed by atoms with Crippen LogP contribution in [0.15, 0.2) is 24.3 Å². The summed E-state index contributed by atoms with van der Waals surface area (Å²) < 4.78 is 0. The van der Waals surface area contributed by atoms with Crippen LogP contribution >= 0.6 is 9.42 Å². The molecule has 0 unspecified atom stereocenters. The summed E-state index contributed by atoms with van der Waals surface area (Å²) in [5.41, 5.74) is 0. The van der Waals surface area contributed by atoms with Crippen molar-refractivity contribution in [2.24, 2.45) is 0 Å². The van der Waals surface area contributed by atoms with Gasteiger partial charge in [0.05, 0.1) is 0 Å². The molecule has 0 saturated carbocycles. The molecule has 0 amide bonds. The first-order valence-electron chi connectivity index (χ1n) is 3.42. The molecule has 0 aliphatic heterocycles. The standard InChI is InChI=1S/C8H12.ClH.Pt/c1-2-4-6-8-7-5-3-1;;/h1-2,7-8H,3-6H2;1H;/q;;+1/p-1/b2-1-,8-7-;;. The van der Waals surface area contributed by atoms with Crippen molar-refractivity contribution in [3.63, 3.8) is 0 Å². The van der Waals surface area contributed by atoms with Gasteiger partial charge in [0.25, 0.3) is 0 Å². The van der Waals surface area contributed by atoms with Crippen molar-refractivity contribution in [1.82, 2.24) is 0 Å². The molecule has 0 saturated heterocycles. The summed E-state index contributed by atoms with van der Waals surface area (Å²) in [6, 6.07) is 0. The Morgan fingerprint density at radius 3 is 1.10 bits per heavy atom. The molecule has 2 heteroatoms. The maximum absolute atomic E-state index is 4.61. The summed E-state index contributed by atoms with van der Waals surface area (Å²) in [4.78, 5) is 0. The van der Waals surface area contributed by atoms with E-state index in [0.717, 1.165) is 0 Å². The third kappa shape index (κ3) is 6.58. The first kappa shape index (κ1) is 10.5. The Labute approximate surface area is 78.2 Å². The van der Waals surface area contributed by atoms with E-state index in [1.54, 1.807) is 18.8 Å². The Morgan fingerprint density at radius 2 is 0.900 bits per heavy atom. The van der Waals surface area contributed by atoms with Gasteiger partial charge in [0.2, 0.25) is 0 Å². The molecule has 10 heavy (non-hydrogen) atoms. The van der Waals surface area contributed by atoms with Crippen LogP contribution < -0.4 is 0 Å². The monoisotopic (exact) mass is 338 g/mol. The fraction of sp³-hybridized carbons (Fsp3) is 0.500. The molecule has 0 aromatic carbocycles. The number of allylic oxidation sites excluding steroid dienone is 4. The Kier molecular flexibility index (Phi) is 9.89. The molecule has 61 valence electrons. The van der Waals surface area contributed by atoms with Gasteiger partial charge in [-0.1, -0.05) is 24.3 Å². The molecule has 0 aromatic rings. The van der Waals surface area contributed by atoms with Gasteiger partial charge in [0.15, 0.2) is 0 Å². The number of rotatable bonds is 0. The van der Waals surface area contributed by atoms with Gasteiger partial charge in [-0.05, 0) is 25.7 Å². The van der Waals surface area contributed by atoms with Gasteiger partial charge in [-0.25, -0.2) is 0 Å². The van der Waals surface area contributed by atoms with Crippen LogP contribution in [0.25, 0.3) is 0 Å². The van der Waals surface area contributed by atoms with Gasteiger partial charge in [0.1, 0.15) is 0 Å². The molecule has 0 bridgehead atoms. The van der Waals surface area contributed by atoms with Crippen LogP contribution in [0.1, 0.15) is 25.7 Å². The van der Waals surface area contributed by atoms with Gasteiger partial charge in [-0.15, -0.1) is 0 Å². The SMILES string of the molecule is C1=C\CC/C=C\CC/1.[Cl][Pt]. The fourth-order valence-corrected chi connectivity index (χ4v) is 0.856. The van der Waals surface area contributed by atoms with E-state index < -0.39 is 0 Å². The molecule has 0 N–H and O–H groups in total. The molecule has 0 heterocycles. The third-order valence-corrected chi connectivity index (χ3v) is 1.33. The average molecular weight is 339 g/mol. The van der Waals surface area contributed by atoms with Crippen LogP contribution in [-0.2, 0) is 18.8 Å². The van der Waals surface area contributed by atoms with Crippen LogP contribution in [0.5, 0.6) is 0 Å². The molecule has 0 fully saturated rings. The predicted octanol–water partition coefficient (Wildman–Crippen LogP) is 3.36. The first-order chi connectivity index (χ1) is 5.00. The van der Waals surface area contributed by atoms with Gasteiger partial charge >= 0.3 is 28.2 Å². The quantitative estimate of drug-likeness (QED) is 0.594. The van der Waals surface area contributed by atoms with Gasteiger partial charge in [-0.2, -0.15) is 0 Å². The van der Waals surface area contributed by atoms with Crippen molar-refractivity contribution in [1.29, 1.82) is 0 Å². The normalized spacial score (nSPS) is 23.1. The van der Waals surface area contributed by atoms with E-state index in [1.807, 2.05) is 0 Å². The van der Waals surface area contributed by atoms with Crippen molar-refractivity contribution >= 4 is 9.42 Å². The van der Waals surface area contributed by atoms with Gasteiger partial charge < -0.3 is 0 Å². The summed E-state index contributed by atoms with van der Waals surface area (Å²) >= 11 is 1.61. The van der Waals surface area contributed by atoms with E-state index in [1.165, 1.54) is 25.7 Å². The minimum atomic E-state index is 1.23. The van der Waals surface area contributed by atoms with Crippen LogP contribution in [0.2, 0.25) is 0 Å². The average Bonchev–Trinajstić information content (AvgIpc) is 1.90. The number of hydrogen-bond acceptors (Lipinski definition) is 0. The summed E-state index contributed by atoms with van der Waals surface area (Å²) in [6.45, 7) is 0. The summed E-state index contributed by atoms with van der Waals surface area (Å²) in [7, 11) is 4.61. The third-order valence-electron chi connectivity index (χ3n) is 1.33. The molecule has 1 aliphatic rings. The molecule has 0 nitrogen and oxygen atoms in total. The van der Waals surface area contributed by atoms with Crippen LogP contribution in [-0.4, -0.2) is 0 Å². The van der Waals surface area contributed by atoms with E-state index >= 15 is 0 Å². The molecular weight excluding hydrogens is 327 g/mol. The van der Waals surface area contributed by atoms with Crippen LogP contribution in [0, 0.1) is 0 Å². The Bertz CT molecular complexity index is 81.8. The fourth-order valence-electron chi connectivity index (χ4n) is 0.856. The zero-order valence-electron chi connectivity index (χ0n) is 5.83. The van der Waals surface area contributed by atoms with E-state index in [9.17, 15) is 0 Å². The summed E-state index contributed by atoms with van der Waals surface area (Å²) in [5, 5.41) is 0. The van der Waals surface area contributed by atoms with Crippen molar-refractivity contribution in [3.8, 4) is 0 Å². The Balaban J connectivity index is 0.000000371. The van der Waals surface area contributed by atoms with E-state index in [2.05, 4.69) is 33.7 Å².